The lowest BCUT2D eigenvalue weighted by atomic mass is 9.86. The van der Waals surface area contributed by atoms with Crippen molar-refractivity contribution in [2.75, 3.05) is 26.2 Å². The molecule has 1 saturated carbocycles. The molecule has 0 spiro atoms. The van der Waals surface area contributed by atoms with Crippen LogP contribution in [0.2, 0.25) is 0 Å². The maximum atomic E-state index is 11.1. The molecular formula is C18H27N3O2. The molecule has 1 saturated heterocycles. The minimum absolute atomic E-state index is 0.246. The first-order valence-electron chi connectivity index (χ1n) is 8.82. The van der Waals surface area contributed by atoms with Gasteiger partial charge in [-0.25, -0.2) is 0 Å². The Kier molecular flexibility index (Phi) is 5.28. The van der Waals surface area contributed by atoms with Crippen LogP contribution in [0, 0.1) is 16.0 Å². The van der Waals surface area contributed by atoms with Gasteiger partial charge < -0.3 is 0 Å². The third-order valence-electron chi connectivity index (χ3n) is 5.41. The Balaban J connectivity index is 1.54. The predicted molar refractivity (Wildman–Crippen MR) is 91.4 cm³/mol. The molecule has 0 radical (unpaired) electrons. The Morgan fingerprint density at radius 2 is 1.91 bits per heavy atom. The van der Waals surface area contributed by atoms with Gasteiger partial charge in [-0.1, -0.05) is 38.0 Å². The van der Waals surface area contributed by atoms with Crippen molar-refractivity contribution in [1.29, 1.82) is 0 Å². The fourth-order valence-corrected chi connectivity index (χ4v) is 4.08. The Labute approximate surface area is 138 Å². The summed E-state index contributed by atoms with van der Waals surface area (Å²) in [6.07, 6.45) is 5.43. The third-order valence-corrected chi connectivity index (χ3v) is 5.41. The molecule has 1 heterocycles. The number of hydrogen-bond acceptors (Lipinski definition) is 4. The van der Waals surface area contributed by atoms with E-state index in [-0.39, 0.29) is 10.6 Å². The molecule has 2 atom stereocenters. The zero-order valence-electron chi connectivity index (χ0n) is 14.0. The SMILES string of the molecule is C[C@@H]1CCC[C@@H](N2CCN(Cc3ccccc3[N+](=O)[O-])CC2)C1. The molecule has 0 aromatic heterocycles. The normalized spacial score (nSPS) is 27.0. The van der Waals surface area contributed by atoms with Gasteiger partial charge in [0, 0.05) is 50.4 Å². The molecule has 5 heteroatoms. The van der Waals surface area contributed by atoms with Crippen molar-refractivity contribution in [3.63, 3.8) is 0 Å². The predicted octanol–water partition coefficient (Wildman–Crippen LogP) is 3.29. The largest absolute Gasteiger partial charge is 0.298 e. The Morgan fingerprint density at radius 1 is 1.17 bits per heavy atom. The molecule has 2 aliphatic rings. The fourth-order valence-electron chi connectivity index (χ4n) is 4.08. The van der Waals surface area contributed by atoms with E-state index in [4.69, 9.17) is 0 Å². The van der Waals surface area contributed by atoms with Crippen molar-refractivity contribution in [3.05, 3.63) is 39.9 Å². The highest BCUT2D eigenvalue weighted by atomic mass is 16.6. The van der Waals surface area contributed by atoms with E-state index in [9.17, 15) is 10.1 Å². The molecule has 1 aliphatic heterocycles. The van der Waals surface area contributed by atoms with Crippen molar-refractivity contribution in [1.82, 2.24) is 9.80 Å². The summed E-state index contributed by atoms with van der Waals surface area (Å²) in [5.74, 6) is 0.860. The van der Waals surface area contributed by atoms with Crippen molar-refractivity contribution in [2.24, 2.45) is 5.92 Å². The zero-order chi connectivity index (χ0) is 16.2. The van der Waals surface area contributed by atoms with Crippen LogP contribution in [0.4, 0.5) is 5.69 Å². The Bertz CT molecular complexity index is 541. The summed E-state index contributed by atoms with van der Waals surface area (Å²) < 4.78 is 0. The molecule has 0 N–H and O–H groups in total. The average Bonchev–Trinajstić information content (AvgIpc) is 2.56. The van der Waals surface area contributed by atoms with Gasteiger partial charge in [0.15, 0.2) is 0 Å². The van der Waals surface area contributed by atoms with E-state index in [1.165, 1.54) is 25.7 Å². The van der Waals surface area contributed by atoms with Crippen molar-refractivity contribution in [3.8, 4) is 0 Å². The minimum atomic E-state index is -0.269. The van der Waals surface area contributed by atoms with Gasteiger partial charge in [0.25, 0.3) is 5.69 Å². The van der Waals surface area contributed by atoms with Crippen LogP contribution in [0.5, 0.6) is 0 Å². The molecule has 0 unspecified atom stereocenters. The van der Waals surface area contributed by atoms with Crippen LogP contribution in [-0.2, 0) is 6.54 Å². The summed E-state index contributed by atoms with van der Waals surface area (Å²) in [6.45, 7) is 7.27. The Morgan fingerprint density at radius 3 is 2.61 bits per heavy atom. The first-order valence-corrected chi connectivity index (χ1v) is 8.82. The van der Waals surface area contributed by atoms with E-state index in [2.05, 4.69) is 16.7 Å². The summed E-state index contributed by atoms with van der Waals surface area (Å²) >= 11 is 0. The molecule has 1 aromatic rings. The lowest BCUT2D eigenvalue weighted by Crippen LogP contribution is -2.50. The van der Waals surface area contributed by atoms with Crippen LogP contribution < -0.4 is 0 Å². The van der Waals surface area contributed by atoms with Gasteiger partial charge >= 0.3 is 0 Å². The lowest BCUT2D eigenvalue weighted by molar-refractivity contribution is -0.385. The van der Waals surface area contributed by atoms with Gasteiger partial charge in [0.2, 0.25) is 0 Å². The summed E-state index contributed by atoms with van der Waals surface area (Å²) in [4.78, 5) is 15.9. The second kappa shape index (κ2) is 7.41. The number of rotatable bonds is 4. The molecule has 1 aromatic carbocycles. The maximum absolute atomic E-state index is 11.1. The molecular weight excluding hydrogens is 290 g/mol. The second-order valence-corrected chi connectivity index (χ2v) is 7.12. The van der Waals surface area contributed by atoms with Gasteiger partial charge in [0.05, 0.1) is 4.92 Å². The first-order chi connectivity index (χ1) is 11.1. The summed E-state index contributed by atoms with van der Waals surface area (Å²) in [5.41, 5.74) is 1.08. The highest BCUT2D eigenvalue weighted by Gasteiger charge is 2.28. The van der Waals surface area contributed by atoms with Crippen molar-refractivity contribution in [2.45, 2.75) is 45.2 Å². The summed E-state index contributed by atoms with van der Waals surface area (Å²) in [6, 6.07) is 7.88. The van der Waals surface area contributed by atoms with Gasteiger partial charge in [-0.2, -0.15) is 0 Å². The van der Waals surface area contributed by atoms with Gasteiger partial charge in [0.1, 0.15) is 0 Å². The van der Waals surface area contributed by atoms with E-state index >= 15 is 0 Å². The topological polar surface area (TPSA) is 49.6 Å². The van der Waals surface area contributed by atoms with E-state index in [0.717, 1.165) is 43.7 Å². The smallest absolute Gasteiger partial charge is 0.273 e. The number of piperazine rings is 1. The summed E-state index contributed by atoms with van der Waals surface area (Å²) in [5, 5.41) is 11.1. The number of benzene rings is 1. The molecule has 23 heavy (non-hydrogen) atoms. The van der Waals surface area contributed by atoms with Crippen LogP contribution in [0.25, 0.3) is 0 Å². The third kappa shape index (κ3) is 4.09. The van der Waals surface area contributed by atoms with E-state index < -0.39 is 0 Å². The summed E-state index contributed by atoms with van der Waals surface area (Å²) in [7, 11) is 0. The quantitative estimate of drug-likeness (QED) is 0.631. The molecule has 2 fully saturated rings. The Hall–Kier alpha value is -1.46. The average molecular weight is 317 g/mol. The number of nitro benzene ring substituents is 1. The second-order valence-electron chi connectivity index (χ2n) is 7.12. The standard InChI is InChI=1S/C18H27N3O2/c1-15-5-4-7-17(13-15)20-11-9-19(10-12-20)14-16-6-2-3-8-18(16)21(22)23/h2-3,6,8,15,17H,4-5,7,9-14H2,1H3/t15-,17-/m1/s1. The monoisotopic (exact) mass is 317 g/mol. The van der Waals surface area contributed by atoms with Crippen LogP contribution in [-0.4, -0.2) is 46.9 Å². The first kappa shape index (κ1) is 16.4. The molecule has 3 rings (SSSR count). The number of para-hydroxylation sites is 1. The molecule has 126 valence electrons. The maximum Gasteiger partial charge on any atom is 0.273 e. The number of nitrogens with zero attached hydrogens (tertiary/aromatic N) is 3. The molecule has 1 aliphatic carbocycles. The number of nitro groups is 1. The van der Waals surface area contributed by atoms with Crippen LogP contribution in [0.3, 0.4) is 0 Å². The van der Waals surface area contributed by atoms with Crippen LogP contribution in [0.1, 0.15) is 38.2 Å². The zero-order valence-corrected chi connectivity index (χ0v) is 14.0. The highest BCUT2D eigenvalue weighted by molar-refractivity contribution is 5.39. The minimum Gasteiger partial charge on any atom is -0.298 e. The van der Waals surface area contributed by atoms with E-state index in [1.807, 2.05) is 12.1 Å². The van der Waals surface area contributed by atoms with Crippen LogP contribution in [0.15, 0.2) is 24.3 Å². The fraction of sp³-hybridized carbons (Fsp3) is 0.667. The van der Waals surface area contributed by atoms with Gasteiger partial charge in [-0.05, 0) is 18.8 Å². The van der Waals surface area contributed by atoms with Crippen molar-refractivity contribution < 1.29 is 4.92 Å². The van der Waals surface area contributed by atoms with E-state index in [1.54, 1.807) is 12.1 Å². The lowest BCUT2D eigenvalue weighted by Gasteiger charge is -2.42. The number of hydrogen-bond donors (Lipinski definition) is 0. The molecule has 5 nitrogen and oxygen atoms in total. The van der Waals surface area contributed by atoms with Gasteiger partial charge in [-0.15, -0.1) is 0 Å². The highest BCUT2D eigenvalue weighted by Crippen LogP contribution is 2.28. The molecule has 0 bridgehead atoms. The van der Waals surface area contributed by atoms with E-state index in [0.29, 0.717) is 6.54 Å². The van der Waals surface area contributed by atoms with Gasteiger partial charge in [-0.3, -0.25) is 19.9 Å². The van der Waals surface area contributed by atoms with Crippen LogP contribution >= 0.6 is 0 Å². The molecule has 0 amide bonds. The van der Waals surface area contributed by atoms with Crippen molar-refractivity contribution >= 4 is 5.69 Å².